The van der Waals surface area contributed by atoms with Crippen molar-refractivity contribution in [1.29, 1.82) is 0 Å². The first-order valence-corrected chi connectivity index (χ1v) is 8.90. The molecule has 0 saturated carbocycles. The third-order valence-corrected chi connectivity index (χ3v) is 5.14. The summed E-state index contributed by atoms with van der Waals surface area (Å²) in [5, 5.41) is 0. The highest BCUT2D eigenvalue weighted by molar-refractivity contribution is 6.20. The molecule has 4 rings (SSSR count). The van der Waals surface area contributed by atoms with Crippen LogP contribution in [-0.2, 0) is 0 Å². The molecule has 8 nitrogen and oxygen atoms in total. The Labute approximate surface area is 161 Å². The number of ether oxygens (including phenoxy) is 2. The summed E-state index contributed by atoms with van der Waals surface area (Å²) in [5.74, 6) is -0.195. The monoisotopic (exact) mass is 381 g/mol. The Hall–Kier alpha value is -3.42. The number of rotatable bonds is 4. The molecule has 144 valence electrons. The van der Waals surface area contributed by atoms with E-state index in [0.717, 1.165) is 0 Å². The number of imide groups is 1. The highest BCUT2D eigenvalue weighted by Gasteiger charge is 2.44. The van der Waals surface area contributed by atoms with Crippen molar-refractivity contribution in [2.75, 3.05) is 27.3 Å². The lowest BCUT2D eigenvalue weighted by molar-refractivity contribution is 0.0572. The van der Waals surface area contributed by atoms with Gasteiger partial charge in [-0.15, -0.1) is 0 Å². The molecule has 2 aromatic rings. The van der Waals surface area contributed by atoms with E-state index in [9.17, 15) is 14.4 Å². The number of nitrogens with zero attached hydrogens (tertiary/aromatic N) is 3. The molecule has 0 radical (unpaired) electrons. The van der Waals surface area contributed by atoms with Crippen molar-refractivity contribution in [3.8, 4) is 11.5 Å². The van der Waals surface area contributed by atoms with Crippen LogP contribution in [0.2, 0.25) is 0 Å². The van der Waals surface area contributed by atoms with Gasteiger partial charge in [-0.1, -0.05) is 6.07 Å². The van der Waals surface area contributed by atoms with E-state index in [-0.39, 0.29) is 30.1 Å². The topological polar surface area (TPSA) is 89.0 Å². The molecule has 0 aliphatic carbocycles. The second-order valence-electron chi connectivity index (χ2n) is 6.61. The number of aromatic nitrogens is 1. The van der Waals surface area contributed by atoms with E-state index >= 15 is 0 Å². The lowest BCUT2D eigenvalue weighted by Crippen LogP contribution is -2.42. The summed E-state index contributed by atoms with van der Waals surface area (Å²) in [5.41, 5.74) is 0.810. The summed E-state index contributed by atoms with van der Waals surface area (Å²) in [6.07, 6.45) is 2.00. The normalized spacial score (nSPS) is 18.4. The third-order valence-electron chi connectivity index (χ3n) is 5.14. The zero-order chi connectivity index (χ0) is 19.8. The summed E-state index contributed by atoms with van der Waals surface area (Å²) in [6.45, 7) is 0.678. The number of hydrogen-bond donors (Lipinski definition) is 0. The first-order chi connectivity index (χ1) is 13.6. The van der Waals surface area contributed by atoms with E-state index < -0.39 is 5.91 Å². The summed E-state index contributed by atoms with van der Waals surface area (Å²) in [7, 11) is 2.98. The SMILES string of the molecule is COc1cccc(OC)c1C(=O)N1CCC(N2C(=O)c3cccnc3C2=O)C1. The second kappa shape index (κ2) is 6.95. The van der Waals surface area contributed by atoms with Crippen LogP contribution < -0.4 is 9.47 Å². The van der Waals surface area contributed by atoms with E-state index in [2.05, 4.69) is 4.98 Å². The molecule has 28 heavy (non-hydrogen) atoms. The minimum Gasteiger partial charge on any atom is -0.496 e. The molecule has 0 bridgehead atoms. The van der Waals surface area contributed by atoms with Crippen LogP contribution in [0.5, 0.6) is 11.5 Å². The third kappa shape index (κ3) is 2.69. The number of methoxy groups -OCH3 is 2. The van der Waals surface area contributed by atoms with Crippen LogP contribution in [0.4, 0.5) is 0 Å². The lowest BCUT2D eigenvalue weighted by Gasteiger charge is -2.23. The Morgan fingerprint density at radius 1 is 1.07 bits per heavy atom. The molecule has 1 atom stereocenters. The molecule has 2 aliphatic heterocycles. The summed E-state index contributed by atoms with van der Waals surface area (Å²) >= 11 is 0. The molecule has 0 N–H and O–H groups in total. The largest absolute Gasteiger partial charge is 0.496 e. The van der Waals surface area contributed by atoms with E-state index in [4.69, 9.17) is 9.47 Å². The second-order valence-corrected chi connectivity index (χ2v) is 6.61. The van der Waals surface area contributed by atoms with Gasteiger partial charge in [0.25, 0.3) is 17.7 Å². The molecule has 1 aromatic heterocycles. The van der Waals surface area contributed by atoms with Crippen molar-refractivity contribution >= 4 is 17.7 Å². The first-order valence-electron chi connectivity index (χ1n) is 8.90. The van der Waals surface area contributed by atoms with Crippen LogP contribution in [0.3, 0.4) is 0 Å². The van der Waals surface area contributed by atoms with Crippen molar-refractivity contribution in [3.63, 3.8) is 0 Å². The summed E-state index contributed by atoms with van der Waals surface area (Å²) in [6, 6.07) is 7.97. The van der Waals surface area contributed by atoms with Crippen molar-refractivity contribution in [2.24, 2.45) is 0 Å². The molecule has 1 saturated heterocycles. The van der Waals surface area contributed by atoms with Gasteiger partial charge in [-0.05, 0) is 30.7 Å². The van der Waals surface area contributed by atoms with Crippen LogP contribution in [0, 0.1) is 0 Å². The van der Waals surface area contributed by atoms with E-state index in [1.165, 1.54) is 25.3 Å². The number of carbonyl (C=O) groups is 3. The average Bonchev–Trinajstić information content (AvgIpc) is 3.30. The highest BCUT2D eigenvalue weighted by Crippen LogP contribution is 2.32. The van der Waals surface area contributed by atoms with Crippen LogP contribution >= 0.6 is 0 Å². The van der Waals surface area contributed by atoms with Gasteiger partial charge in [0.2, 0.25) is 0 Å². The van der Waals surface area contributed by atoms with Crippen molar-refractivity contribution < 1.29 is 23.9 Å². The van der Waals surface area contributed by atoms with Crippen molar-refractivity contribution in [3.05, 3.63) is 53.3 Å². The Morgan fingerprint density at radius 2 is 1.79 bits per heavy atom. The number of carbonyl (C=O) groups excluding carboxylic acids is 3. The fourth-order valence-electron chi connectivity index (χ4n) is 3.77. The number of likely N-dealkylation sites (tertiary alicyclic amines) is 1. The van der Waals surface area contributed by atoms with E-state index in [1.807, 2.05) is 0 Å². The molecule has 0 spiro atoms. The van der Waals surface area contributed by atoms with Gasteiger partial charge in [0, 0.05) is 19.3 Å². The Kier molecular flexibility index (Phi) is 4.46. The number of amides is 3. The van der Waals surface area contributed by atoms with Gasteiger partial charge in [-0.2, -0.15) is 0 Å². The quantitative estimate of drug-likeness (QED) is 0.748. The molecule has 3 amide bonds. The number of fused-ring (bicyclic) bond motifs is 1. The van der Waals surface area contributed by atoms with Crippen molar-refractivity contribution in [2.45, 2.75) is 12.5 Å². The van der Waals surface area contributed by atoms with Crippen LogP contribution in [0.15, 0.2) is 36.5 Å². The Bertz CT molecular complexity index is 917. The van der Waals surface area contributed by atoms with Crippen molar-refractivity contribution in [1.82, 2.24) is 14.8 Å². The maximum Gasteiger partial charge on any atom is 0.280 e. The first kappa shape index (κ1) is 18.0. The maximum absolute atomic E-state index is 13.1. The predicted molar refractivity (Wildman–Crippen MR) is 98.6 cm³/mol. The fourth-order valence-corrected chi connectivity index (χ4v) is 3.77. The number of benzene rings is 1. The molecule has 8 heteroatoms. The summed E-state index contributed by atoms with van der Waals surface area (Å²) in [4.78, 5) is 45.3. The minimum absolute atomic E-state index is 0.170. The zero-order valence-corrected chi connectivity index (χ0v) is 15.5. The minimum atomic E-state index is -0.408. The Morgan fingerprint density at radius 3 is 2.43 bits per heavy atom. The zero-order valence-electron chi connectivity index (χ0n) is 15.5. The fraction of sp³-hybridized carbons (Fsp3) is 0.300. The van der Waals surface area contributed by atoms with Gasteiger partial charge >= 0.3 is 0 Å². The van der Waals surface area contributed by atoms with Gasteiger partial charge in [0.15, 0.2) is 0 Å². The Balaban J connectivity index is 1.57. The van der Waals surface area contributed by atoms with Gasteiger partial charge in [-0.3, -0.25) is 24.3 Å². The van der Waals surface area contributed by atoms with Crippen LogP contribution in [0.1, 0.15) is 37.6 Å². The molecule has 3 heterocycles. The maximum atomic E-state index is 13.1. The molecule has 1 fully saturated rings. The predicted octanol–water partition coefficient (Wildman–Crippen LogP) is 1.61. The summed E-state index contributed by atoms with van der Waals surface area (Å²) < 4.78 is 10.6. The number of pyridine rings is 1. The smallest absolute Gasteiger partial charge is 0.280 e. The molecule has 1 aromatic carbocycles. The molecular weight excluding hydrogens is 362 g/mol. The van der Waals surface area contributed by atoms with E-state index in [1.54, 1.807) is 35.2 Å². The number of hydrogen-bond acceptors (Lipinski definition) is 6. The van der Waals surface area contributed by atoms with Gasteiger partial charge in [-0.25, -0.2) is 0 Å². The van der Waals surface area contributed by atoms with Gasteiger partial charge < -0.3 is 14.4 Å². The highest BCUT2D eigenvalue weighted by atomic mass is 16.5. The van der Waals surface area contributed by atoms with Crippen LogP contribution in [0.25, 0.3) is 0 Å². The van der Waals surface area contributed by atoms with Crippen LogP contribution in [-0.4, -0.2) is 65.9 Å². The molecule has 1 unspecified atom stereocenters. The molecule has 2 aliphatic rings. The van der Waals surface area contributed by atoms with E-state index in [0.29, 0.717) is 35.6 Å². The molecular formula is C20H19N3O5. The van der Waals surface area contributed by atoms with Gasteiger partial charge in [0.05, 0.1) is 25.8 Å². The average molecular weight is 381 g/mol. The van der Waals surface area contributed by atoms with Gasteiger partial charge in [0.1, 0.15) is 22.8 Å². The standard InChI is InChI=1S/C20H19N3O5/c1-27-14-6-3-7-15(28-2)16(14)19(25)22-10-8-12(11-22)23-18(24)13-5-4-9-21-17(13)20(23)26/h3-7,9,12H,8,10-11H2,1-2H3. The lowest BCUT2D eigenvalue weighted by atomic mass is 10.1.